The Morgan fingerprint density at radius 2 is 1.79 bits per heavy atom. The second kappa shape index (κ2) is 7.60. The molecule has 8 nitrogen and oxygen atoms in total. The molecule has 4 rings (SSSR count). The molecule has 0 spiro atoms. The molecule has 0 aromatic heterocycles. The number of hydrogen-bond acceptors (Lipinski definition) is 6. The van der Waals surface area contributed by atoms with Crippen LogP contribution in [0, 0.1) is 0 Å². The first-order chi connectivity index (χ1) is 13.5. The lowest BCUT2D eigenvalue weighted by Gasteiger charge is -2.41. The molecule has 3 amide bonds. The predicted octanol–water partition coefficient (Wildman–Crippen LogP) is 1.02. The van der Waals surface area contributed by atoms with Gasteiger partial charge in [0.25, 0.3) is 5.91 Å². The normalized spacial score (nSPS) is 25.7. The fraction of sp³-hybridized carbons (Fsp3) is 0.526. The molecule has 3 aliphatic heterocycles. The van der Waals surface area contributed by atoms with Crippen LogP contribution in [0.25, 0.3) is 0 Å². The number of benzene rings is 1. The third kappa shape index (κ3) is 3.31. The summed E-state index contributed by atoms with van der Waals surface area (Å²) in [5, 5.41) is 0.786. The van der Waals surface area contributed by atoms with Gasteiger partial charge in [0, 0.05) is 53.4 Å². The minimum Gasteiger partial charge on any atom is -0.368 e. The molecule has 0 saturated carbocycles. The number of rotatable bonds is 4. The second-order valence-corrected chi connectivity index (χ2v) is 7.84. The molecular formula is C19H25ClN6O2. The van der Waals surface area contributed by atoms with Gasteiger partial charge in [0.2, 0.25) is 0 Å². The van der Waals surface area contributed by atoms with Crippen LogP contribution in [0.5, 0.6) is 0 Å². The van der Waals surface area contributed by atoms with Crippen LogP contribution in [0.4, 0.5) is 10.5 Å². The molecule has 1 aromatic rings. The lowest BCUT2D eigenvalue weighted by Crippen LogP contribution is -2.64. The van der Waals surface area contributed by atoms with Gasteiger partial charge in [-0.1, -0.05) is 23.7 Å². The molecular weight excluding hydrogens is 380 g/mol. The minimum absolute atomic E-state index is 0.186. The summed E-state index contributed by atoms with van der Waals surface area (Å²) in [7, 11) is 3.22. The van der Waals surface area contributed by atoms with Crippen molar-refractivity contribution in [2.45, 2.75) is 12.2 Å². The Morgan fingerprint density at radius 1 is 1.07 bits per heavy atom. The maximum Gasteiger partial charge on any atom is 0.328 e. The Balaban J connectivity index is 1.31. The number of aliphatic imine (C=N–C) groups is 1. The monoisotopic (exact) mass is 404 g/mol. The Morgan fingerprint density at radius 3 is 2.50 bits per heavy atom. The van der Waals surface area contributed by atoms with Crippen molar-refractivity contribution >= 4 is 35.6 Å². The molecule has 3 aliphatic rings. The van der Waals surface area contributed by atoms with E-state index in [9.17, 15) is 9.59 Å². The van der Waals surface area contributed by atoms with E-state index in [2.05, 4.69) is 20.9 Å². The van der Waals surface area contributed by atoms with Gasteiger partial charge in [0.15, 0.2) is 12.2 Å². The summed E-state index contributed by atoms with van der Waals surface area (Å²) in [6, 6.07) is 7.21. The fourth-order valence-electron chi connectivity index (χ4n) is 4.08. The third-order valence-electron chi connectivity index (χ3n) is 5.82. The smallest absolute Gasteiger partial charge is 0.328 e. The number of piperazine rings is 1. The van der Waals surface area contributed by atoms with Crippen LogP contribution in [-0.2, 0) is 4.79 Å². The highest BCUT2D eigenvalue weighted by Crippen LogP contribution is 2.27. The topological polar surface area (TPSA) is 62.7 Å². The molecule has 2 atom stereocenters. The van der Waals surface area contributed by atoms with Crippen LogP contribution < -0.4 is 4.90 Å². The Kier molecular flexibility index (Phi) is 5.16. The molecule has 2 unspecified atom stereocenters. The SMILES string of the molecule is CN1C(=O)C2C(N=CN2CCN2CCN(c3ccccc3Cl)CC2)N(C)C1=O. The number of amides is 3. The zero-order chi connectivity index (χ0) is 19.8. The zero-order valence-electron chi connectivity index (χ0n) is 16.2. The van der Waals surface area contributed by atoms with E-state index in [-0.39, 0.29) is 11.9 Å². The highest BCUT2D eigenvalue weighted by molar-refractivity contribution is 6.33. The van der Waals surface area contributed by atoms with E-state index >= 15 is 0 Å². The standard InChI is InChI=1S/C19H25ClN6O2/c1-22-17-16(18(27)23(2)19(22)28)26(13-21-17)12-9-24-7-10-25(11-8-24)15-6-4-3-5-14(15)20/h3-6,13,16-17H,7-12H2,1-2H3. The average molecular weight is 405 g/mol. The maximum atomic E-state index is 12.6. The lowest BCUT2D eigenvalue weighted by molar-refractivity contribution is -0.136. The van der Waals surface area contributed by atoms with Crippen LogP contribution in [-0.4, -0.2) is 103 Å². The largest absolute Gasteiger partial charge is 0.368 e. The van der Waals surface area contributed by atoms with E-state index in [0.717, 1.165) is 43.4 Å². The highest BCUT2D eigenvalue weighted by atomic mass is 35.5. The number of para-hydroxylation sites is 1. The summed E-state index contributed by atoms with van der Waals surface area (Å²) in [5.41, 5.74) is 1.09. The van der Waals surface area contributed by atoms with Crippen molar-refractivity contribution in [3.8, 4) is 0 Å². The summed E-state index contributed by atoms with van der Waals surface area (Å²) in [4.78, 5) is 38.4. The predicted molar refractivity (Wildman–Crippen MR) is 109 cm³/mol. The molecule has 0 radical (unpaired) electrons. The van der Waals surface area contributed by atoms with Gasteiger partial charge in [-0.2, -0.15) is 0 Å². The molecule has 0 bridgehead atoms. The van der Waals surface area contributed by atoms with E-state index in [4.69, 9.17) is 11.6 Å². The van der Waals surface area contributed by atoms with Crippen molar-refractivity contribution < 1.29 is 9.59 Å². The molecule has 1 aromatic carbocycles. The van der Waals surface area contributed by atoms with Gasteiger partial charge in [-0.05, 0) is 12.1 Å². The molecule has 150 valence electrons. The molecule has 9 heteroatoms. The van der Waals surface area contributed by atoms with Crippen LogP contribution in [0.1, 0.15) is 0 Å². The van der Waals surface area contributed by atoms with Gasteiger partial charge in [-0.15, -0.1) is 0 Å². The van der Waals surface area contributed by atoms with Crippen LogP contribution in [0.3, 0.4) is 0 Å². The van der Waals surface area contributed by atoms with E-state index in [1.54, 1.807) is 13.4 Å². The van der Waals surface area contributed by atoms with Gasteiger partial charge < -0.3 is 14.7 Å². The Hall–Kier alpha value is -2.32. The van der Waals surface area contributed by atoms with Crippen molar-refractivity contribution in [1.29, 1.82) is 0 Å². The lowest BCUT2D eigenvalue weighted by atomic mass is 10.1. The van der Waals surface area contributed by atoms with Crippen molar-refractivity contribution in [2.75, 3.05) is 58.3 Å². The van der Waals surface area contributed by atoms with E-state index in [1.165, 1.54) is 16.8 Å². The second-order valence-electron chi connectivity index (χ2n) is 7.43. The molecule has 28 heavy (non-hydrogen) atoms. The van der Waals surface area contributed by atoms with E-state index in [0.29, 0.717) is 6.54 Å². The Bertz CT molecular complexity index is 794. The van der Waals surface area contributed by atoms with Crippen molar-refractivity contribution in [3.05, 3.63) is 29.3 Å². The highest BCUT2D eigenvalue weighted by Gasteiger charge is 2.48. The number of fused-ring (bicyclic) bond motifs is 1. The van der Waals surface area contributed by atoms with Gasteiger partial charge in [0.05, 0.1) is 17.0 Å². The number of halogens is 1. The summed E-state index contributed by atoms with van der Waals surface area (Å²) in [5.74, 6) is -0.186. The molecule has 0 N–H and O–H groups in total. The van der Waals surface area contributed by atoms with Crippen molar-refractivity contribution in [3.63, 3.8) is 0 Å². The summed E-state index contributed by atoms with van der Waals surface area (Å²) in [6.07, 6.45) is 1.30. The fourth-order valence-corrected chi connectivity index (χ4v) is 4.33. The zero-order valence-corrected chi connectivity index (χ0v) is 16.9. The first kappa shape index (κ1) is 19.0. The summed E-state index contributed by atoms with van der Waals surface area (Å²) in [6.45, 7) is 5.28. The molecule has 2 fully saturated rings. The van der Waals surface area contributed by atoms with Gasteiger partial charge in [-0.25, -0.2) is 9.79 Å². The number of carbonyl (C=O) groups excluding carboxylic acids is 2. The maximum absolute atomic E-state index is 12.6. The number of carbonyl (C=O) groups is 2. The average Bonchev–Trinajstić information content (AvgIpc) is 3.14. The van der Waals surface area contributed by atoms with Crippen molar-refractivity contribution in [2.24, 2.45) is 4.99 Å². The van der Waals surface area contributed by atoms with Crippen molar-refractivity contribution in [1.82, 2.24) is 19.6 Å². The number of anilines is 1. The first-order valence-corrected chi connectivity index (χ1v) is 9.90. The third-order valence-corrected chi connectivity index (χ3v) is 6.14. The molecule has 3 heterocycles. The molecule has 0 aliphatic carbocycles. The number of nitrogens with zero attached hydrogens (tertiary/aromatic N) is 6. The van der Waals surface area contributed by atoms with E-state index in [1.807, 2.05) is 23.1 Å². The Labute approximate surface area is 169 Å². The number of imide groups is 1. The summed E-state index contributed by atoms with van der Waals surface area (Å²) >= 11 is 6.31. The van der Waals surface area contributed by atoms with Gasteiger partial charge >= 0.3 is 6.03 Å². The molecule has 2 saturated heterocycles. The van der Waals surface area contributed by atoms with Crippen LogP contribution in [0.2, 0.25) is 5.02 Å². The first-order valence-electron chi connectivity index (χ1n) is 9.52. The minimum atomic E-state index is -0.423. The quantitative estimate of drug-likeness (QED) is 0.750. The number of hydrogen-bond donors (Lipinski definition) is 0. The van der Waals surface area contributed by atoms with Gasteiger partial charge in [0.1, 0.15) is 0 Å². The van der Waals surface area contributed by atoms with Gasteiger partial charge in [-0.3, -0.25) is 14.6 Å². The van der Waals surface area contributed by atoms with Crippen LogP contribution >= 0.6 is 11.6 Å². The van der Waals surface area contributed by atoms with E-state index < -0.39 is 12.2 Å². The van der Waals surface area contributed by atoms with Crippen LogP contribution in [0.15, 0.2) is 29.3 Å². The number of urea groups is 1. The number of likely N-dealkylation sites (N-methyl/N-ethyl adjacent to an activating group) is 2. The summed E-state index contributed by atoms with van der Waals surface area (Å²) < 4.78 is 0.